The van der Waals surface area contributed by atoms with E-state index in [-0.39, 0.29) is 11.9 Å². The Balaban J connectivity index is 2.22. The van der Waals surface area contributed by atoms with Crippen molar-refractivity contribution < 1.29 is 9.53 Å². The van der Waals surface area contributed by atoms with E-state index in [1.165, 1.54) is 0 Å². The van der Waals surface area contributed by atoms with Crippen LogP contribution in [-0.2, 0) is 11.3 Å². The monoisotopic (exact) mass is 272 g/mol. The first kappa shape index (κ1) is 14.3. The summed E-state index contributed by atoms with van der Waals surface area (Å²) in [4.78, 5) is 13.1. The highest BCUT2D eigenvalue weighted by Gasteiger charge is 2.14. The van der Waals surface area contributed by atoms with Crippen LogP contribution >= 0.6 is 0 Å². The van der Waals surface area contributed by atoms with Crippen LogP contribution in [0.15, 0.2) is 36.4 Å². The van der Waals surface area contributed by atoms with Crippen molar-refractivity contribution in [3.8, 4) is 5.75 Å². The summed E-state index contributed by atoms with van der Waals surface area (Å²) < 4.78 is 5.22. The Labute approximate surface area is 119 Å². The van der Waals surface area contributed by atoms with Crippen LogP contribution in [0.25, 0.3) is 10.8 Å². The van der Waals surface area contributed by atoms with Crippen molar-refractivity contribution in [2.75, 3.05) is 14.2 Å². The number of primary amides is 1. The van der Waals surface area contributed by atoms with Gasteiger partial charge in [0.05, 0.1) is 13.2 Å². The van der Waals surface area contributed by atoms with Gasteiger partial charge in [-0.2, -0.15) is 0 Å². The second kappa shape index (κ2) is 5.92. The van der Waals surface area contributed by atoms with Gasteiger partial charge in [0, 0.05) is 6.54 Å². The Morgan fingerprint density at radius 1 is 1.25 bits per heavy atom. The number of nitrogens with two attached hydrogens (primary N) is 1. The molecule has 0 saturated heterocycles. The number of hydrogen-bond donors (Lipinski definition) is 1. The standard InChI is InChI=1S/C16H20N2O2/c1-11(16(17)19)18(2)10-12-4-5-14-9-15(20-3)7-6-13(14)8-12/h4-9,11H,10H2,1-3H3,(H2,17,19)/t11-/m1/s1. The van der Waals surface area contributed by atoms with Gasteiger partial charge in [-0.15, -0.1) is 0 Å². The fourth-order valence-corrected chi connectivity index (χ4v) is 2.14. The van der Waals surface area contributed by atoms with Crippen LogP contribution in [0.5, 0.6) is 5.75 Å². The lowest BCUT2D eigenvalue weighted by Crippen LogP contribution is -2.39. The SMILES string of the molecule is COc1ccc2cc(CN(C)[C@H](C)C(N)=O)ccc2c1. The second-order valence-corrected chi connectivity index (χ2v) is 5.04. The topological polar surface area (TPSA) is 55.6 Å². The van der Waals surface area contributed by atoms with Gasteiger partial charge in [0.2, 0.25) is 5.91 Å². The van der Waals surface area contributed by atoms with Crippen LogP contribution in [0, 0.1) is 0 Å². The maximum atomic E-state index is 11.2. The van der Waals surface area contributed by atoms with E-state index in [1.54, 1.807) is 7.11 Å². The molecule has 2 rings (SSSR count). The number of hydrogen-bond acceptors (Lipinski definition) is 3. The number of nitrogens with zero attached hydrogens (tertiary/aromatic N) is 1. The molecule has 2 aromatic carbocycles. The van der Waals surface area contributed by atoms with Gasteiger partial charge in [-0.1, -0.05) is 18.2 Å². The molecule has 4 nitrogen and oxygen atoms in total. The van der Waals surface area contributed by atoms with Crippen molar-refractivity contribution in [3.05, 3.63) is 42.0 Å². The number of methoxy groups -OCH3 is 1. The molecular weight excluding hydrogens is 252 g/mol. The van der Waals surface area contributed by atoms with Crippen molar-refractivity contribution in [3.63, 3.8) is 0 Å². The Kier molecular flexibility index (Phi) is 4.25. The van der Waals surface area contributed by atoms with Crippen molar-refractivity contribution >= 4 is 16.7 Å². The van der Waals surface area contributed by atoms with Gasteiger partial charge >= 0.3 is 0 Å². The van der Waals surface area contributed by atoms with E-state index in [1.807, 2.05) is 37.1 Å². The number of amides is 1. The number of likely N-dealkylation sites (N-methyl/N-ethyl adjacent to an activating group) is 1. The third-order valence-corrected chi connectivity index (χ3v) is 3.62. The lowest BCUT2D eigenvalue weighted by molar-refractivity contribution is -0.122. The minimum atomic E-state index is -0.307. The third kappa shape index (κ3) is 3.08. The second-order valence-electron chi connectivity index (χ2n) is 5.04. The van der Waals surface area contributed by atoms with E-state index in [4.69, 9.17) is 10.5 Å². The minimum Gasteiger partial charge on any atom is -0.497 e. The first-order chi connectivity index (χ1) is 9.51. The predicted molar refractivity (Wildman–Crippen MR) is 80.6 cm³/mol. The minimum absolute atomic E-state index is 0.276. The lowest BCUT2D eigenvalue weighted by Gasteiger charge is -2.22. The smallest absolute Gasteiger partial charge is 0.234 e. The molecule has 0 fully saturated rings. The van der Waals surface area contributed by atoms with Gasteiger partial charge in [0.15, 0.2) is 0 Å². The molecule has 20 heavy (non-hydrogen) atoms. The highest BCUT2D eigenvalue weighted by Crippen LogP contribution is 2.22. The summed E-state index contributed by atoms with van der Waals surface area (Å²) in [6, 6.07) is 12.0. The molecular formula is C16H20N2O2. The summed E-state index contributed by atoms with van der Waals surface area (Å²) in [5, 5.41) is 2.29. The van der Waals surface area contributed by atoms with Crippen molar-refractivity contribution in [2.24, 2.45) is 5.73 Å². The maximum absolute atomic E-state index is 11.2. The molecule has 1 amide bonds. The molecule has 1 atom stereocenters. The molecule has 0 heterocycles. The van der Waals surface area contributed by atoms with E-state index < -0.39 is 0 Å². The Morgan fingerprint density at radius 3 is 2.55 bits per heavy atom. The van der Waals surface area contributed by atoms with E-state index in [9.17, 15) is 4.79 Å². The van der Waals surface area contributed by atoms with E-state index >= 15 is 0 Å². The van der Waals surface area contributed by atoms with E-state index in [0.717, 1.165) is 22.1 Å². The highest BCUT2D eigenvalue weighted by atomic mass is 16.5. The maximum Gasteiger partial charge on any atom is 0.234 e. The fourth-order valence-electron chi connectivity index (χ4n) is 2.14. The zero-order valence-corrected chi connectivity index (χ0v) is 12.1. The number of carbonyl (C=O) groups excluding carboxylic acids is 1. The average molecular weight is 272 g/mol. The fraction of sp³-hybridized carbons (Fsp3) is 0.312. The summed E-state index contributed by atoms with van der Waals surface area (Å²) >= 11 is 0. The molecule has 0 aromatic heterocycles. The van der Waals surface area contributed by atoms with Crippen LogP contribution in [0.3, 0.4) is 0 Å². The summed E-state index contributed by atoms with van der Waals surface area (Å²) in [5.74, 6) is 0.544. The zero-order chi connectivity index (χ0) is 14.7. The number of carbonyl (C=O) groups is 1. The molecule has 2 aromatic rings. The zero-order valence-electron chi connectivity index (χ0n) is 12.1. The van der Waals surface area contributed by atoms with Crippen LogP contribution in [0.2, 0.25) is 0 Å². The molecule has 0 aliphatic rings. The Hall–Kier alpha value is -2.07. The number of benzene rings is 2. The van der Waals surface area contributed by atoms with Gasteiger partial charge in [0.25, 0.3) is 0 Å². The molecule has 0 radical (unpaired) electrons. The molecule has 2 N–H and O–H groups in total. The normalized spacial score (nSPS) is 12.6. The van der Waals surface area contributed by atoms with Crippen LogP contribution < -0.4 is 10.5 Å². The first-order valence-electron chi connectivity index (χ1n) is 6.57. The molecule has 0 saturated carbocycles. The Morgan fingerprint density at radius 2 is 1.90 bits per heavy atom. The van der Waals surface area contributed by atoms with E-state index in [0.29, 0.717) is 6.54 Å². The molecule has 0 aliphatic heterocycles. The number of fused-ring (bicyclic) bond motifs is 1. The summed E-state index contributed by atoms with van der Waals surface area (Å²) in [7, 11) is 3.56. The largest absolute Gasteiger partial charge is 0.497 e. The molecule has 0 aliphatic carbocycles. The van der Waals surface area contributed by atoms with Crippen molar-refractivity contribution in [1.82, 2.24) is 4.90 Å². The molecule has 106 valence electrons. The van der Waals surface area contributed by atoms with Crippen LogP contribution in [-0.4, -0.2) is 31.0 Å². The van der Waals surface area contributed by atoms with Gasteiger partial charge in [0.1, 0.15) is 5.75 Å². The summed E-state index contributed by atoms with van der Waals surface area (Å²) in [6.07, 6.45) is 0. The van der Waals surface area contributed by atoms with Gasteiger partial charge in [-0.05, 0) is 48.5 Å². The van der Waals surface area contributed by atoms with Crippen LogP contribution in [0.4, 0.5) is 0 Å². The molecule has 0 spiro atoms. The average Bonchev–Trinajstić information content (AvgIpc) is 2.45. The lowest BCUT2D eigenvalue weighted by atomic mass is 10.1. The summed E-state index contributed by atoms with van der Waals surface area (Å²) in [5.41, 5.74) is 6.47. The van der Waals surface area contributed by atoms with Crippen molar-refractivity contribution in [2.45, 2.75) is 19.5 Å². The van der Waals surface area contributed by atoms with E-state index in [2.05, 4.69) is 18.2 Å². The predicted octanol–water partition coefficient (Wildman–Crippen LogP) is 2.15. The molecule has 4 heteroatoms. The summed E-state index contributed by atoms with van der Waals surface area (Å²) in [6.45, 7) is 2.50. The van der Waals surface area contributed by atoms with Gasteiger partial charge < -0.3 is 10.5 Å². The van der Waals surface area contributed by atoms with Gasteiger partial charge in [-0.3, -0.25) is 9.69 Å². The van der Waals surface area contributed by atoms with Gasteiger partial charge in [-0.25, -0.2) is 0 Å². The first-order valence-corrected chi connectivity index (χ1v) is 6.57. The van der Waals surface area contributed by atoms with Crippen LogP contribution in [0.1, 0.15) is 12.5 Å². The molecule has 0 bridgehead atoms. The highest BCUT2D eigenvalue weighted by molar-refractivity contribution is 5.84. The quantitative estimate of drug-likeness (QED) is 0.907. The number of rotatable bonds is 5. The third-order valence-electron chi connectivity index (χ3n) is 3.62. The van der Waals surface area contributed by atoms with Crippen molar-refractivity contribution in [1.29, 1.82) is 0 Å². The molecule has 0 unspecified atom stereocenters. The number of ether oxygens (including phenoxy) is 1. The Bertz CT molecular complexity index is 625.